The summed E-state index contributed by atoms with van der Waals surface area (Å²) in [4.78, 5) is 6.91. The fraction of sp³-hybridized carbons (Fsp3) is 0.588. The fourth-order valence-electron chi connectivity index (χ4n) is 3.02. The molecule has 0 radical (unpaired) electrons. The van der Waals surface area contributed by atoms with E-state index in [0.29, 0.717) is 12.0 Å². The zero-order valence-corrected chi connectivity index (χ0v) is 12.6. The second kappa shape index (κ2) is 6.33. The summed E-state index contributed by atoms with van der Waals surface area (Å²) in [5, 5.41) is 0. The SMILES string of the molecule is CC1=CCC[C@H](C)[C@@H]1CN(C)[C@@H](C)c1ccccn1. The van der Waals surface area contributed by atoms with Crippen LogP contribution in [-0.2, 0) is 0 Å². The van der Waals surface area contributed by atoms with Gasteiger partial charge in [0, 0.05) is 18.8 Å². The van der Waals surface area contributed by atoms with Crippen molar-refractivity contribution in [3.8, 4) is 0 Å². The van der Waals surface area contributed by atoms with E-state index in [0.717, 1.165) is 18.2 Å². The summed E-state index contributed by atoms with van der Waals surface area (Å²) in [5.74, 6) is 1.49. The van der Waals surface area contributed by atoms with Crippen LogP contribution in [0.2, 0.25) is 0 Å². The van der Waals surface area contributed by atoms with Crippen molar-refractivity contribution in [2.24, 2.45) is 11.8 Å². The molecule has 1 heterocycles. The minimum atomic E-state index is 0.378. The van der Waals surface area contributed by atoms with Gasteiger partial charge in [-0.1, -0.05) is 24.6 Å². The first kappa shape index (κ1) is 14.3. The van der Waals surface area contributed by atoms with Crippen LogP contribution in [0.15, 0.2) is 36.0 Å². The van der Waals surface area contributed by atoms with Crippen LogP contribution >= 0.6 is 0 Å². The third-order valence-electron chi connectivity index (χ3n) is 4.62. The zero-order chi connectivity index (χ0) is 13.8. The molecule has 2 heteroatoms. The maximum atomic E-state index is 4.47. The molecule has 0 unspecified atom stereocenters. The molecule has 1 aromatic rings. The van der Waals surface area contributed by atoms with E-state index < -0.39 is 0 Å². The minimum absolute atomic E-state index is 0.378. The average molecular weight is 258 g/mol. The molecule has 0 aromatic carbocycles. The summed E-state index contributed by atoms with van der Waals surface area (Å²) in [6.07, 6.45) is 6.88. The second-order valence-electron chi connectivity index (χ2n) is 5.98. The van der Waals surface area contributed by atoms with E-state index in [1.807, 2.05) is 12.3 Å². The highest BCUT2D eigenvalue weighted by atomic mass is 15.1. The lowest BCUT2D eigenvalue weighted by Gasteiger charge is -2.34. The highest BCUT2D eigenvalue weighted by Gasteiger charge is 2.25. The molecule has 1 aromatic heterocycles. The molecular weight excluding hydrogens is 232 g/mol. The lowest BCUT2D eigenvalue weighted by molar-refractivity contribution is 0.194. The van der Waals surface area contributed by atoms with Gasteiger partial charge in [0.15, 0.2) is 0 Å². The van der Waals surface area contributed by atoms with Crippen LogP contribution in [0, 0.1) is 11.8 Å². The van der Waals surface area contributed by atoms with Gasteiger partial charge in [0.25, 0.3) is 0 Å². The Balaban J connectivity index is 2.02. The molecule has 3 atom stereocenters. The molecule has 1 aliphatic rings. The Hall–Kier alpha value is -1.15. The number of aromatic nitrogens is 1. The van der Waals surface area contributed by atoms with E-state index in [4.69, 9.17) is 0 Å². The van der Waals surface area contributed by atoms with Crippen molar-refractivity contribution in [1.82, 2.24) is 9.88 Å². The highest BCUT2D eigenvalue weighted by molar-refractivity contribution is 5.11. The van der Waals surface area contributed by atoms with Gasteiger partial charge in [-0.25, -0.2) is 0 Å². The second-order valence-corrected chi connectivity index (χ2v) is 5.98. The van der Waals surface area contributed by atoms with Crippen molar-refractivity contribution in [2.75, 3.05) is 13.6 Å². The van der Waals surface area contributed by atoms with Gasteiger partial charge in [0.2, 0.25) is 0 Å². The van der Waals surface area contributed by atoms with Gasteiger partial charge in [-0.3, -0.25) is 9.88 Å². The molecule has 0 aliphatic heterocycles. The van der Waals surface area contributed by atoms with Gasteiger partial charge in [-0.05, 0) is 57.7 Å². The molecule has 0 N–H and O–H groups in total. The van der Waals surface area contributed by atoms with E-state index >= 15 is 0 Å². The molecule has 104 valence electrons. The third-order valence-corrected chi connectivity index (χ3v) is 4.62. The summed E-state index contributed by atoms with van der Waals surface area (Å²) in [6, 6.07) is 6.55. The molecule has 0 amide bonds. The highest BCUT2D eigenvalue weighted by Crippen LogP contribution is 2.32. The van der Waals surface area contributed by atoms with Crippen molar-refractivity contribution >= 4 is 0 Å². The van der Waals surface area contributed by atoms with Crippen molar-refractivity contribution in [2.45, 2.75) is 39.7 Å². The van der Waals surface area contributed by atoms with E-state index in [1.54, 1.807) is 5.57 Å². The summed E-state index contributed by atoms with van der Waals surface area (Å²) >= 11 is 0. The van der Waals surface area contributed by atoms with E-state index in [-0.39, 0.29) is 0 Å². The first-order valence-electron chi connectivity index (χ1n) is 7.37. The molecule has 0 saturated carbocycles. The maximum absolute atomic E-state index is 4.47. The molecule has 1 aliphatic carbocycles. The van der Waals surface area contributed by atoms with Crippen molar-refractivity contribution in [1.29, 1.82) is 0 Å². The van der Waals surface area contributed by atoms with Crippen LogP contribution in [0.5, 0.6) is 0 Å². The number of nitrogens with zero attached hydrogens (tertiary/aromatic N) is 2. The van der Waals surface area contributed by atoms with Gasteiger partial charge in [0.1, 0.15) is 0 Å². The quantitative estimate of drug-likeness (QED) is 0.757. The Morgan fingerprint density at radius 1 is 1.42 bits per heavy atom. The van der Waals surface area contributed by atoms with Crippen molar-refractivity contribution < 1.29 is 0 Å². The van der Waals surface area contributed by atoms with Crippen molar-refractivity contribution in [3.05, 3.63) is 41.7 Å². The Morgan fingerprint density at radius 2 is 2.21 bits per heavy atom. The predicted octanol–water partition coefficient (Wildman–Crippen LogP) is 4.07. The van der Waals surface area contributed by atoms with Crippen LogP contribution in [-0.4, -0.2) is 23.5 Å². The Bertz CT molecular complexity index is 424. The molecule has 19 heavy (non-hydrogen) atoms. The van der Waals surface area contributed by atoms with Crippen molar-refractivity contribution in [3.63, 3.8) is 0 Å². The topological polar surface area (TPSA) is 16.1 Å². The lowest BCUT2D eigenvalue weighted by Crippen LogP contribution is -2.33. The molecule has 2 rings (SSSR count). The van der Waals surface area contributed by atoms with E-state index in [1.165, 1.54) is 12.8 Å². The molecule has 0 bridgehead atoms. The van der Waals surface area contributed by atoms with E-state index in [2.05, 4.69) is 55.9 Å². The Labute approximate surface area is 117 Å². The predicted molar refractivity (Wildman–Crippen MR) is 80.9 cm³/mol. The Kier molecular flexibility index (Phi) is 4.76. The molecule has 0 spiro atoms. The first-order valence-corrected chi connectivity index (χ1v) is 7.37. The van der Waals surface area contributed by atoms with Crippen LogP contribution in [0.1, 0.15) is 45.3 Å². The monoisotopic (exact) mass is 258 g/mol. The largest absolute Gasteiger partial charge is 0.297 e. The molecule has 2 nitrogen and oxygen atoms in total. The van der Waals surface area contributed by atoms with Gasteiger partial charge in [0.05, 0.1) is 5.69 Å². The molecular formula is C17H26N2. The van der Waals surface area contributed by atoms with Gasteiger partial charge < -0.3 is 0 Å². The first-order chi connectivity index (χ1) is 9.09. The van der Waals surface area contributed by atoms with Gasteiger partial charge >= 0.3 is 0 Å². The third kappa shape index (κ3) is 3.44. The smallest absolute Gasteiger partial charge is 0.0572 e. The average Bonchev–Trinajstić information content (AvgIpc) is 2.43. The summed E-state index contributed by atoms with van der Waals surface area (Å²) < 4.78 is 0. The van der Waals surface area contributed by atoms with Gasteiger partial charge in [-0.15, -0.1) is 0 Å². The summed E-state index contributed by atoms with van der Waals surface area (Å²) in [7, 11) is 2.22. The molecule has 0 fully saturated rings. The fourth-order valence-corrected chi connectivity index (χ4v) is 3.02. The Morgan fingerprint density at radius 3 is 2.84 bits per heavy atom. The molecule has 0 saturated heterocycles. The van der Waals surface area contributed by atoms with Crippen LogP contribution < -0.4 is 0 Å². The zero-order valence-electron chi connectivity index (χ0n) is 12.6. The van der Waals surface area contributed by atoms with Crippen LogP contribution in [0.4, 0.5) is 0 Å². The lowest BCUT2D eigenvalue weighted by atomic mass is 9.79. The minimum Gasteiger partial charge on any atom is -0.297 e. The summed E-state index contributed by atoms with van der Waals surface area (Å²) in [5.41, 5.74) is 2.73. The number of rotatable bonds is 4. The normalized spacial score (nSPS) is 25.2. The standard InChI is InChI=1S/C17H26N2/c1-13-8-7-9-14(2)16(13)12-19(4)15(3)17-10-5-6-11-18-17/h5-6,8,10-11,14-16H,7,9,12H2,1-4H3/t14-,15-,16+/m0/s1. The number of hydrogen-bond donors (Lipinski definition) is 0. The number of allylic oxidation sites excluding steroid dienone is 1. The van der Waals surface area contributed by atoms with E-state index in [9.17, 15) is 0 Å². The van der Waals surface area contributed by atoms with Crippen LogP contribution in [0.25, 0.3) is 0 Å². The number of pyridine rings is 1. The summed E-state index contributed by atoms with van der Waals surface area (Å²) in [6.45, 7) is 8.05. The number of hydrogen-bond acceptors (Lipinski definition) is 2. The van der Waals surface area contributed by atoms with Gasteiger partial charge in [-0.2, -0.15) is 0 Å². The maximum Gasteiger partial charge on any atom is 0.0572 e. The van der Waals surface area contributed by atoms with Crippen LogP contribution in [0.3, 0.4) is 0 Å².